The second kappa shape index (κ2) is 9.17. The lowest BCUT2D eigenvalue weighted by molar-refractivity contribution is 0.0124. The molecular formula is C24H28FN5O3. The van der Waals surface area contributed by atoms with Crippen molar-refractivity contribution in [2.75, 3.05) is 25.5 Å². The fourth-order valence-electron chi connectivity index (χ4n) is 3.88. The van der Waals surface area contributed by atoms with Gasteiger partial charge < -0.3 is 19.7 Å². The van der Waals surface area contributed by atoms with Crippen molar-refractivity contribution in [3.63, 3.8) is 0 Å². The minimum Gasteiger partial charge on any atom is -0.497 e. The maximum atomic E-state index is 14.5. The van der Waals surface area contributed by atoms with Crippen molar-refractivity contribution < 1.29 is 18.7 Å². The third-order valence-electron chi connectivity index (χ3n) is 5.34. The highest BCUT2D eigenvalue weighted by Crippen LogP contribution is 2.31. The number of anilines is 1. The average molecular weight is 454 g/mol. The summed E-state index contributed by atoms with van der Waals surface area (Å²) in [7, 11) is 1.62. The number of pyridine rings is 1. The fourth-order valence-corrected chi connectivity index (χ4v) is 3.88. The number of nitrogens with one attached hydrogen (secondary N) is 1. The van der Waals surface area contributed by atoms with Gasteiger partial charge in [-0.15, -0.1) is 10.2 Å². The Morgan fingerprint density at radius 2 is 1.88 bits per heavy atom. The zero-order valence-corrected chi connectivity index (χ0v) is 19.2. The van der Waals surface area contributed by atoms with Crippen LogP contribution in [0.4, 0.5) is 15.0 Å². The molecule has 0 bridgehead atoms. The number of likely N-dealkylation sites (tertiary alicyclic amines) is 1. The van der Waals surface area contributed by atoms with Crippen LogP contribution in [0.25, 0.3) is 22.0 Å². The monoisotopic (exact) mass is 453 g/mol. The van der Waals surface area contributed by atoms with E-state index in [1.165, 1.54) is 4.90 Å². The van der Waals surface area contributed by atoms with Gasteiger partial charge in [-0.25, -0.2) is 9.18 Å². The van der Waals surface area contributed by atoms with Gasteiger partial charge in [0, 0.05) is 47.7 Å². The summed E-state index contributed by atoms with van der Waals surface area (Å²) in [6.07, 6.45) is 1.99. The molecule has 33 heavy (non-hydrogen) atoms. The molecule has 8 nitrogen and oxygen atoms in total. The Morgan fingerprint density at radius 1 is 1.12 bits per heavy atom. The maximum absolute atomic E-state index is 14.5. The molecular weight excluding hydrogens is 425 g/mol. The summed E-state index contributed by atoms with van der Waals surface area (Å²) >= 11 is 0. The molecule has 4 rings (SSSR count). The van der Waals surface area contributed by atoms with Crippen molar-refractivity contribution in [3.8, 4) is 17.0 Å². The molecule has 1 saturated heterocycles. The van der Waals surface area contributed by atoms with Gasteiger partial charge in [-0.3, -0.25) is 4.98 Å². The third-order valence-corrected chi connectivity index (χ3v) is 5.34. The Kier molecular flexibility index (Phi) is 6.31. The van der Waals surface area contributed by atoms with E-state index in [-0.39, 0.29) is 19.0 Å². The highest BCUT2D eigenvalue weighted by atomic mass is 19.1. The smallest absolute Gasteiger partial charge is 0.410 e. The number of rotatable bonds is 4. The van der Waals surface area contributed by atoms with Gasteiger partial charge in [-0.1, -0.05) is 0 Å². The first kappa shape index (κ1) is 22.7. The lowest BCUT2D eigenvalue weighted by atomic mass is 10.0. The molecule has 3 aromatic rings. The Hall–Kier alpha value is -3.49. The third kappa shape index (κ3) is 5.30. The molecule has 1 amide bonds. The number of hydrogen-bond donors (Lipinski definition) is 1. The summed E-state index contributed by atoms with van der Waals surface area (Å²) in [4.78, 5) is 18.1. The van der Waals surface area contributed by atoms with Crippen LogP contribution in [-0.4, -0.2) is 64.2 Å². The molecule has 0 unspecified atom stereocenters. The van der Waals surface area contributed by atoms with Crippen LogP contribution in [-0.2, 0) is 4.74 Å². The zero-order valence-electron chi connectivity index (χ0n) is 19.2. The van der Waals surface area contributed by atoms with Crippen LogP contribution in [0.15, 0.2) is 42.7 Å². The van der Waals surface area contributed by atoms with E-state index in [0.717, 1.165) is 22.1 Å². The van der Waals surface area contributed by atoms with E-state index in [1.54, 1.807) is 40.3 Å². The van der Waals surface area contributed by atoms with Crippen molar-refractivity contribution in [1.29, 1.82) is 0 Å². The average Bonchev–Trinajstić information content (AvgIpc) is 2.78. The molecule has 1 aliphatic rings. The predicted octanol–water partition coefficient (Wildman–Crippen LogP) is 4.46. The first-order valence-corrected chi connectivity index (χ1v) is 10.9. The largest absolute Gasteiger partial charge is 0.497 e. The van der Waals surface area contributed by atoms with Crippen LogP contribution in [0, 0.1) is 0 Å². The standard InChI is InChI=1S/C24H28FN5O3/c1-24(2,3)33-23(31)30-13-16(25)11-17(14-30)27-22-19-9-10-26-12-20(19)21(28-29-22)15-5-7-18(32-4)8-6-15/h5-10,12,16-17H,11,13-14H2,1-4H3,(H,27,29)/t16-,17-/m1/s1. The number of carbonyl (C=O) groups excluding carboxylic acids is 1. The molecule has 0 aliphatic carbocycles. The van der Waals surface area contributed by atoms with E-state index in [0.29, 0.717) is 18.1 Å². The summed E-state index contributed by atoms with van der Waals surface area (Å²) < 4.78 is 25.1. The molecule has 0 saturated carbocycles. The topological polar surface area (TPSA) is 89.5 Å². The first-order chi connectivity index (χ1) is 15.7. The SMILES string of the molecule is COc1ccc(-c2nnc(N[C@@H]3C[C@@H](F)CN(C(=O)OC(C)(C)C)C3)c3ccncc23)cc1. The maximum Gasteiger partial charge on any atom is 0.410 e. The van der Waals surface area contributed by atoms with Gasteiger partial charge in [0.05, 0.1) is 13.7 Å². The number of benzene rings is 1. The summed E-state index contributed by atoms with van der Waals surface area (Å²) in [6.45, 7) is 5.69. The quantitative estimate of drug-likeness (QED) is 0.624. The minimum absolute atomic E-state index is 0.0137. The van der Waals surface area contributed by atoms with Gasteiger partial charge in [0.15, 0.2) is 5.82 Å². The summed E-state index contributed by atoms with van der Waals surface area (Å²) in [5, 5.41) is 13.7. The highest BCUT2D eigenvalue weighted by molar-refractivity contribution is 5.99. The number of alkyl halides is 1. The predicted molar refractivity (Wildman–Crippen MR) is 124 cm³/mol. The van der Waals surface area contributed by atoms with Crippen LogP contribution >= 0.6 is 0 Å². The normalized spacial score (nSPS) is 18.8. The molecule has 2 atom stereocenters. The highest BCUT2D eigenvalue weighted by Gasteiger charge is 2.33. The fraction of sp³-hybridized carbons (Fsp3) is 0.417. The van der Waals surface area contributed by atoms with Crippen LogP contribution in [0.3, 0.4) is 0 Å². The van der Waals surface area contributed by atoms with Gasteiger partial charge in [-0.05, 0) is 51.1 Å². The van der Waals surface area contributed by atoms with Gasteiger partial charge in [0.1, 0.15) is 23.2 Å². The zero-order chi connectivity index (χ0) is 23.6. The molecule has 174 valence electrons. The molecule has 1 aliphatic heterocycles. The van der Waals surface area contributed by atoms with Gasteiger partial charge in [-0.2, -0.15) is 0 Å². The van der Waals surface area contributed by atoms with E-state index in [2.05, 4.69) is 20.5 Å². The number of piperidine rings is 1. The van der Waals surface area contributed by atoms with E-state index in [1.807, 2.05) is 30.3 Å². The van der Waals surface area contributed by atoms with E-state index >= 15 is 0 Å². The minimum atomic E-state index is -1.16. The number of aromatic nitrogens is 3. The molecule has 1 N–H and O–H groups in total. The number of ether oxygens (including phenoxy) is 2. The van der Waals surface area contributed by atoms with Gasteiger partial charge in [0.2, 0.25) is 0 Å². The molecule has 0 spiro atoms. The molecule has 3 heterocycles. The van der Waals surface area contributed by atoms with Crippen molar-refractivity contribution in [1.82, 2.24) is 20.1 Å². The van der Waals surface area contributed by atoms with E-state index in [4.69, 9.17) is 9.47 Å². The number of halogens is 1. The number of fused-ring (bicyclic) bond motifs is 1. The molecule has 2 aromatic heterocycles. The Bertz CT molecular complexity index is 1130. The van der Waals surface area contributed by atoms with Crippen molar-refractivity contribution >= 4 is 22.7 Å². The van der Waals surface area contributed by atoms with Crippen LogP contribution in [0.1, 0.15) is 27.2 Å². The molecule has 9 heteroatoms. The van der Waals surface area contributed by atoms with Gasteiger partial charge >= 0.3 is 6.09 Å². The van der Waals surface area contributed by atoms with Crippen LogP contribution < -0.4 is 10.1 Å². The molecule has 1 aromatic carbocycles. The summed E-state index contributed by atoms with van der Waals surface area (Å²) in [6, 6.07) is 9.06. The second-order valence-corrected chi connectivity index (χ2v) is 9.11. The van der Waals surface area contributed by atoms with Crippen molar-refractivity contribution in [3.05, 3.63) is 42.7 Å². The van der Waals surface area contributed by atoms with Crippen molar-refractivity contribution in [2.45, 2.75) is 45.0 Å². The number of amides is 1. The lowest BCUT2D eigenvalue weighted by Crippen LogP contribution is -2.51. The van der Waals surface area contributed by atoms with Gasteiger partial charge in [0.25, 0.3) is 0 Å². The molecule has 1 fully saturated rings. The lowest BCUT2D eigenvalue weighted by Gasteiger charge is -2.36. The number of methoxy groups -OCH3 is 1. The first-order valence-electron chi connectivity index (χ1n) is 10.9. The summed E-state index contributed by atoms with van der Waals surface area (Å²) in [5.41, 5.74) is 0.925. The number of nitrogens with zero attached hydrogens (tertiary/aromatic N) is 4. The second-order valence-electron chi connectivity index (χ2n) is 9.11. The Balaban J connectivity index is 1.59. The Morgan fingerprint density at radius 3 is 2.58 bits per heavy atom. The van der Waals surface area contributed by atoms with Crippen LogP contribution in [0.2, 0.25) is 0 Å². The number of carbonyl (C=O) groups is 1. The van der Waals surface area contributed by atoms with Crippen molar-refractivity contribution in [2.24, 2.45) is 0 Å². The van der Waals surface area contributed by atoms with E-state index in [9.17, 15) is 9.18 Å². The van der Waals surface area contributed by atoms with E-state index < -0.39 is 17.9 Å². The number of hydrogen-bond acceptors (Lipinski definition) is 7. The van der Waals surface area contributed by atoms with Crippen LogP contribution in [0.5, 0.6) is 5.75 Å². The summed E-state index contributed by atoms with van der Waals surface area (Å²) in [5.74, 6) is 1.27. The Labute approximate surface area is 192 Å². The molecule has 0 radical (unpaired) electrons.